The summed E-state index contributed by atoms with van der Waals surface area (Å²) in [4.78, 5) is 26.6. The van der Waals surface area contributed by atoms with Gasteiger partial charge in [-0.25, -0.2) is 8.42 Å². The molecule has 2 aromatic rings. The summed E-state index contributed by atoms with van der Waals surface area (Å²) in [5.41, 5.74) is 1.32. The van der Waals surface area contributed by atoms with Gasteiger partial charge in [-0.05, 0) is 44.2 Å². The van der Waals surface area contributed by atoms with Crippen LogP contribution in [0.5, 0.6) is 0 Å². The zero-order chi connectivity index (χ0) is 21.5. The van der Waals surface area contributed by atoms with E-state index in [0.29, 0.717) is 11.4 Å². The maximum absolute atomic E-state index is 13.2. The van der Waals surface area contributed by atoms with Gasteiger partial charge in [0.05, 0.1) is 28.5 Å². The van der Waals surface area contributed by atoms with E-state index in [9.17, 15) is 18.0 Å². The molecular formula is C21H23N3O5S. The van der Waals surface area contributed by atoms with Gasteiger partial charge >= 0.3 is 0 Å². The van der Waals surface area contributed by atoms with E-state index in [4.69, 9.17) is 4.74 Å². The number of ether oxygens (including phenoxy) is 1. The van der Waals surface area contributed by atoms with Crippen LogP contribution in [0, 0.1) is 0 Å². The van der Waals surface area contributed by atoms with Crippen molar-refractivity contribution < 1.29 is 22.7 Å². The molecule has 1 saturated heterocycles. The number of carbonyl (C=O) groups excluding carboxylic acids is 2. The molecule has 2 atom stereocenters. The van der Waals surface area contributed by atoms with Crippen molar-refractivity contribution in [1.29, 1.82) is 0 Å². The molecule has 2 unspecified atom stereocenters. The largest absolute Gasteiger partial charge is 0.373 e. The molecule has 2 aromatic carbocycles. The predicted molar refractivity (Wildman–Crippen MR) is 112 cm³/mol. The number of nitrogens with one attached hydrogen (secondary N) is 1. The Kier molecular flexibility index (Phi) is 5.35. The summed E-state index contributed by atoms with van der Waals surface area (Å²) in [5.74, 6) is -0.736. The number of benzene rings is 2. The molecule has 1 N–H and O–H groups in total. The Labute approximate surface area is 175 Å². The van der Waals surface area contributed by atoms with Crippen molar-refractivity contribution in [2.24, 2.45) is 0 Å². The minimum absolute atomic E-state index is 0.0457. The molecule has 0 bridgehead atoms. The van der Waals surface area contributed by atoms with Crippen molar-refractivity contribution in [3.8, 4) is 0 Å². The van der Waals surface area contributed by atoms with Crippen molar-refractivity contribution in [2.75, 3.05) is 29.9 Å². The van der Waals surface area contributed by atoms with Crippen molar-refractivity contribution in [2.45, 2.75) is 31.0 Å². The molecule has 0 aromatic heterocycles. The van der Waals surface area contributed by atoms with Gasteiger partial charge in [-0.2, -0.15) is 4.31 Å². The highest BCUT2D eigenvalue weighted by Crippen LogP contribution is 2.30. The van der Waals surface area contributed by atoms with Crippen LogP contribution in [-0.2, 0) is 19.6 Å². The first-order valence-corrected chi connectivity index (χ1v) is 11.2. The lowest BCUT2D eigenvalue weighted by Crippen LogP contribution is -2.48. The van der Waals surface area contributed by atoms with Gasteiger partial charge in [-0.15, -0.1) is 0 Å². The van der Waals surface area contributed by atoms with E-state index >= 15 is 0 Å². The highest BCUT2D eigenvalue weighted by atomic mass is 32.2. The number of rotatable bonds is 3. The molecule has 2 aliphatic heterocycles. The fraction of sp³-hybridized carbons (Fsp3) is 0.333. The number of para-hydroxylation sites is 2. The minimum Gasteiger partial charge on any atom is -0.373 e. The van der Waals surface area contributed by atoms with Crippen LogP contribution in [0.1, 0.15) is 24.2 Å². The first-order chi connectivity index (χ1) is 14.3. The minimum atomic E-state index is -3.78. The van der Waals surface area contributed by atoms with Gasteiger partial charge < -0.3 is 10.1 Å². The molecule has 2 amide bonds. The third kappa shape index (κ3) is 3.83. The lowest BCUT2D eigenvalue weighted by Gasteiger charge is -2.34. The third-order valence-corrected chi connectivity index (χ3v) is 6.95. The van der Waals surface area contributed by atoms with Crippen molar-refractivity contribution in [1.82, 2.24) is 4.31 Å². The molecule has 0 saturated carbocycles. The number of carbonyl (C=O) groups is 2. The van der Waals surface area contributed by atoms with Crippen LogP contribution in [0.3, 0.4) is 0 Å². The van der Waals surface area contributed by atoms with E-state index in [1.165, 1.54) is 21.3 Å². The summed E-state index contributed by atoms with van der Waals surface area (Å²) in [7, 11) is -3.78. The Hall–Kier alpha value is -2.75. The number of nitrogens with zero attached hydrogens (tertiary/aromatic N) is 2. The van der Waals surface area contributed by atoms with E-state index in [1.807, 2.05) is 13.8 Å². The smallest absolute Gasteiger partial charge is 0.258 e. The summed E-state index contributed by atoms with van der Waals surface area (Å²) >= 11 is 0. The zero-order valence-corrected chi connectivity index (χ0v) is 17.6. The monoisotopic (exact) mass is 429 g/mol. The summed E-state index contributed by atoms with van der Waals surface area (Å²) in [5, 5.41) is 2.74. The normalized spacial score (nSPS) is 22.3. The van der Waals surface area contributed by atoms with Gasteiger partial charge in [0.15, 0.2) is 0 Å². The molecule has 9 heteroatoms. The SMILES string of the molecule is CC1CN(S(=O)(=O)c2cccc(C(=O)N3CC(=O)Nc4ccccc43)c2)CC(C)O1. The molecule has 4 rings (SSSR count). The summed E-state index contributed by atoms with van der Waals surface area (Å²) in [6.45, 7) is 4.04. The second kappa shape index (κ2) is 7.82. The quantitative estimate of drug-likeness (QED) is 0.806. The first-order valence-electron chi connectivity index (χ1n) is 9.72. The van der Waals surface area contributed by atoms with Gasteiger partial charge in [0.1, 0.15) is 6.54 Å². The second-order valence-electron chi connectivity index (χ2n) is 7.56. The van der Waals surface area contributed by atoms with Crippen LogP contribution in [0.15, 0.2) is 53.4 Å². The van der Waals surface area contributed by atoms with E-state index in [0.717, 1.165) is 0 Å². The average molecular weight is 429 g/mol. The lowest BCUT2D eigenvalue weighted by atomic mass is 10.1. The maximum atomic E-state index is 13.2. The van der Waals surface area contributed by atoms with Crippen LogP contribution in [0.2, 0.25) is 0 Å². The summed E-state index contributed by atoms with van der Waals surface area (Å²) in [6, 6.07) is 13.0. The van der Waals surface area contributed by atoms with E-state index in [-0.39, 0.29) is 48.2 Å². The predicted octanol–water partition coefficient (Wildman–Crippen LogP) is 2.08. The molecule has 1 fully saturated rings. The average Bonchev–Trinajstić information content (AvgIpc) is 2.72. The topological polar surface area (TPSA) is 96.0 Å². The molecule has 158 valence electrons. The van der Waals surface area contributed by atoms with E-state index < -0.39 is 15.9 Å². The van der Waals surface area contributed by atoms with Crippen LogP contribution in [-0.4, -0.2) is 56.4 Å². The highest BCUT2D eigenvalue weighted by Gasteiger charge is 2.33. The molecule has 0 spiro atoms. The zero-order valence-electron chi connectivity index (χ0n) is 16.7. The van der Waals surface area contributed by atoms with Crippen molar-refractivity contribution >= 4 is 33.2 Å². The number of amides is 2. The number of morpholine rings is 1. The standard InChI is InChI=1S/C21H23N3O5S/c1-14-11-23(12-15(2)29-14)30(27,28)17-7-5-6-16(10-17)21(26)24-13-20(25)22-18-8-3-4-9-19(18)24/h3-10,14-15H,11-13H2,1-2H3,(H,22,25). The fourth-order valence-corrected chi connectivity index (χ4v) is 5.47. The lowest BCUT2D eigenvalue weighted by molar-refractivity contribution is -0.115. The molecule has 8 nitrogen and oxygen atoms in total. The van der Waals surface area contributed by atoms with Crippen LogP contribution >= 0.6 is 0 Å². The van der Waals surface area contributed by atoms with Gasteiger partial charge in [0.25, 0.3) is 5.91 Å². The van der Waals surface area contributed by atoms with Crippen LogP contribution in [0.4, 0.5) is 11.4 Å². The number of fused-ring (bicyclic) bond motifs is 1. The molecule has 0 radical (unpaired) electrons. The van der Waals surface area contributed by atoms with Crippen molar-refractivity contribution in [3.63, 3.8) is 0 Å². The number of hydrogen-bond acceptors (Lipinski definition) is 5. The van der Waals surface area contributed by atoms with Crippen molar-refractivity contribution in [3.05, 3.63) is 54.1 Å². The number of anilines is 2. The van der Waals surface area contributed by atoms with Gasteiger partial charge in [0, 0.05) is 18.7 Å². The van der Waals surface area contributed by atoms with Gasteiger partial charge in [-0.3, -0.25) is 14.5 Å². The Morgan fingerprint density at radius 1 is 1.07 bits per heavy atom. The highest BCUT2D eigenvalue weighted by molar-refractivity contribution is 7.89. The number of hydrogen-bond donors (Lipinski definition) is 1. The Balaban J connectivity index is 1.66. The fourth-order valence-electron chi connectivity index (χ4n) is 3.84. The van der Waals surface area contributed by atoms with Crippen LogP contribution in [0.25, 0.3) is 0 Å². The summed E-state index contributed by atoms with van der Waals surface area (Å²) in [6.07, 6.45) is -0.423. The Bertz CT molecular complexity index is 1090. The second-order valence-corrected chi connectivity index (χ2v) is 9.50. The van der Waals surface area contributed by atoms with Gasteiger partial charge in [0.2, 0.25) is 15.9 Å². The molecule has 2 aliphatic rings. The molecule has 0 aliphatic carbocycles. The number of sulfonamides is 1. The maximum Gasteiger partial charge on any atom is 0.258 e. The summed E-state index contributed by atoms with van der Waals surface area (Å²) < 4.78 is 33.3. The Morgan fingerprint density at radius 2 is 1.77 bits per heavy atom. The third-order valence-electron chi connectivity index (χ3n) is 5.12. The van der Waals surface area contributed by atoms with E-state index in [2.05, 4.69) is 5.32 Å². The van der Waals surface area contributed by atoms with Crippen LogP contribution < -0.4 is 10.2 Å². The Morgan fingerprint density at radius 3 is 2.50 bits per heavy atom. The molecular weight excluding hydrogens is 406 g/mol. The van der Waals surface area contributed by atoms with E-state index in [1.54, 1.807) is 36.4 Å². The molecule has 30 heavy (non-hydrogen) atoms. The molecule has 2 heterocycles. The first kappa shape index (κ1) is 20.5. The van der Waals surface area contributed by atoms with Gasteiger partial charge in [-0.1, -0.05) is 18.2 Å².